The zero-order chi connectivity index (χ0) is 18.8. The van der Waals surface area contributed by atoms with E-state index in [-0.39, 0.29) is 23.2 Å². The van der Waals surface area contributed by atoms with Gasteiger partial charge in [0.2, 0.25) is 0 Å². The van der Waals surface area contributed by atoms with Crippen molar-refractivity contribution in [3.8, 4) is 0 Å². The lowest BCUT2D eigenvalue weighted by atomic mass is 10.1. The number of hydrogen-bond donors (Lipinski definition) is 2. The number of rotatable bonds is 9. The van der Waals surface area contributed by atoms with Crippen LogP contribution in [0.1, 0.15) is 33.0 Å². The third kappa shape index (κ3) is 6.46. The van der Waals surface area contributed by atoms with Crippen molar-refractivity contribution in [2.24, 2.45) is 0 Å². The number of ether oxygens (including phenoxy) is 1. The van der Waals surface area contributed by atoms with E-state index in [4.69, 9.17) is 16.3 Å². The molecule has 6 nitrogen and oxygen atoms in total. The second-order valence-corrected chi connectivity index (χ2v) is 6.08. The van der Waals surface area contributed by atoms with Crippen LogP contribution in [-0.4, -0.2) is 43.6 Å². The fourth-order valence-corrected chi connectivity index (χ4v) is 2.38. The zero-order valence-electron chi connectivity index (χ0n) is 14.6. The van der Waals surface area contributed by atoms with Gasteiger partial charge in [0.1, 0.15) is 11.4 Å². The van der Waals surface area contributed by atoms with Crippen molar-refractivity contribution in [3.05, 3.63) is 64.4 Å². The van der Waals surface area contributed by atoms with Gasteiger partial charge in [-0.1, -0.05) is 29.8 Å². The van der Waals surface area contributed by atoms with Gasteiger partial charge in [-0.25, -0.2) is 4.98 Å². The summed E-state index contributed by atoms with van der Waals surface area (Å²) in [6.07, 6.45) is 1.40. The quantitative estimate of drug-likeness (QED) is 0.660. The Morgan fingerprint density at radius 1 is 1.00 bits per heavy atom. The fourth-order valence-electron chi connectivity index (χ4n) is 2.26. The van der Waals surface area contributed by atoms with E-state index >= 15 is 0 Å². The molecule has 0 aliphatic carbocycles. The molecule has 1 aromatic carbocycles. The molecule has 0 aliphatic rings. The molecular formula is C19H22ClN3O3. The van der Waals surface area contributed by atoms with Gasteiger partial charge in [0, 0.05) is 31.8 Å². The molecule has 0 saturated carbocycles. The topological polar surface area (TPSA) is 80.3 Å². The summed E-state index contributed by atoms with van der Waals surface area (Å²) in [5.74, 6) is -0.620. The Morgan fingerprint density at radius 2 is 1.62 bits per heavy atom. The summed E-state index contributed by atoms with van der Waals surface area (Å²) in [5, 5.41) is 6.23. The molecule has 1 aromatic heterocycles. The summed E-state index contributed by atoms with van der Waals surface area (Å²) in [5.41, 5.74) is 1.50. The third-order valence-electron chi connectivity index (χ3n) is 3.64. The Balaban J connectivity index is 1.84. The van der Waals surface area contributed by atoms with Crippen molar-refractivity contribution in [2.45, 2.75) is 12.8 Å². The van der Waals surface area contributed by atoms with Gasteiger partial charge < -0.3 is 15.4 Å². The van der Waals surface area contributed by atoms with Crippen molar-refractivity contribution < 1.29 is 14.3 Å². The first-order valence-corrected chi connectivity index (χ1v) is 8.75. The van der Waals surface area contributed by atoms with Gasteiger partial charge in [0.25, 0.3) is 11.8 Å². The molecule has 0 saturated heterocycles. The number of methoxy groups -OCH3 is 1. The highest BCUT2D eigenvalue weighted by molar-refractivity contribution is 6.30. The molecule has 1 heterocycles. The SMILES string of the molecule is COCCCNC(=O)c1cccc(C(=O)NCCc2ccc(Cl)cc2)n1. The minimum absolute atomic E-state index is 0.214. The largest absolute Gasteiger partial charge is 0.385 e. The van der Waals surface area contributed by atoms with Crippen LogP contribution in [0.4, 0.5) is 0 Å². The molecule has 2 rings (SSSR count). The lowest BCUT2D eigenvalue weighted by Crippen LogP contribution is -2.29. The highest BCUT2D eigenvalue weighted by Gasteiger charge is 2.11. The fraction of sp³-hybridized carbons (Fsp3) is 0.316. The summed E-state index contributed by atoms with van der Waals surface area (Å²) >= 11 is 5.85. The van der Waals surface area contributed by atoms with Crippen LogP contribution in [0.3, 0.4) is 0 Å². The van der Waals surface area contributed by atoms with Crippen molar-refractivity contribution in [1.29, 1.82) is 0 Å². The van der Waals surface area contributed by atoms with E-state index in [0.717, 1.165) is 5.56 Å². The molecule has 7 heteroatoms. The number of benzene rings is 1. The van der Waals surface area contributed by atoms with Crippen LogP contribution >= 0.6 is 11.6 Å². The van der Waals surface area contributed by atoms with Gasteiger partial charge >= 0.3 is 0 Å². The summed E-state index contributed by atoms with van der Waals surface area (Å²) in [6.45, 7) is 1.53. The van der Waals surface area contributed by atoms with E-state index in [1.165, 1.54) is 0 Å². The average molecular weight is 376 g/mol. The van der Waals surface area contributed by atoms with E-state index < -0.39 is 0 Å². The normalized spacial score (nSPS) is 10.4. The number of nitrogens with zero attached hydrogens (tertiary/aromatic N) is 1. The van der Waals surface area contributed by atoms with Crippen molar-refractivity contribution >= 4 is 23.4 Å². The molecule has 0 radical (unpaired) electrons. The Bertz CT molecular complexity index is 735. The summed E-state index contributed by atoms with van der Waals surface area (Å²) in [4.78, 5) is 28.4. The second-order valence-electron chi connectivity index (χ2n) is 5.64. The number of hydrogen-bond acceptors (Lipinski definition) is 4. The minimum Gasteiger partial charge on any atom is -0.385 e. The molecule has 138 valence electrons. The Labute approximate surface area is 157 Å². The van der Waals surface area contributed by atoms with Crippen LogP contribution < -0.4 is 10.6 Å². The van der Waals surface area contributed by atoms with Crippen LogP contribution in [0.15, 0.2) is 42.5 Å². The van der Waals surface area contributed by atoms with E-state index in [2.05, 4.69) is 15.6 Å². The molecule has 0 atom stereocenters. The first kappa shape index (κ1) is 19.9. The van der Waals surface area contributed by atoms with Crippen molar-refractivity contribution in [1.82, 2.24) is 15.6 Å². The van der Waals surface area contributed by atoms with Crippen LogP contribution in [-0.2, 0) is 11.2 Å². The van der Waals surface area contributed by atoms with Gasteiger partial charge in [-0.15, -0.1) is 0 Å². The number of carbonyl (C=O) groups is 2. The molecule has 26 heavy (non-hydrogen) atoms. The first-order valence-electron chi connectivity index (χ1n) is 8.37. The molecular weight excluding hydrogens is 354 g/mol. The molecule has 0 fully saturated rings. The third-order valence-corrected chi connectivity index (χ3v) is 3.89. The lowest BCUT2D eigenvalue weighted by Gasteiger charge is -2.07. The number of halogens is 1. The van der Waals surface area contributed by atoms with Crippen molar-refractivity contribution in [2.75, 3.05) is 26.8 Å². The zero-order valence-corrected chi connectivity index (χ0v) is 15.4. The van der Waals surface area contributed by atoms with Crippen LogP contribution in [0.25, 0.3) is 0 Å². The van der Waals surface area contributed by atoms with Gasteiger partial charge in [-0.3, -0.25) is 9.59 Å². The highest BCUT2D eigenvalue weighted by atomic mass is 35.5. The predicted octanol–water partition coefficient (Wildman–Crippen LogP) is 2.47. The summed E-state index contributed by atoms with van der Waals surface area (Å²) in [7, 11) is 1.61. The molecule has 0 bridgehead atoms. The minimum atomic E-state index is -0.312. The molecule has 0 aliphatic heterocycles. The maximum Gasteiger partial charge on any atom is 0.269 e. The average Bonchev–Trinajstić information content (AvgIpc) is 2.66. The van der Waals surface area contributed by atoms with E-state index in [9.17, 15) is 9.59 Å². The molecule has 2 amide bonds. The Morgan fingerprint density at radius 3 is 2.23 bits per heavy atom. The van der Waals surface area contributed by atoms with Crippen LogP contribution in [0.5, 0.6) is 0 Å². The van der Waals surface area contributed by atoms with Gasteiger partial charge in [0.05, 0.1) is 0 Å². The predicted molar refractivity (Wildman–Crippen MR) is 101 cm³/mol. The van der Waals surface area contributed by atoms with Crippen LogP contribution in [0, 0.1) is 0 Å². The monoisotopic (exact) mass is 375 g/mol. The standard InChI is InChI=1S/C19H22ClN3O3/c1-26-13-3-11-21-18(24)16-4-2-5-17(23-16)19(25)22-12-10-14-6-8-15(20)9-7-14/h2,4-9H,3,10-13H2,1H3,(H,21,24)(H,22,25). The van der Waals surface area contributed by atoms with Gasteiger partial charge in [-0.05, 0) is 42.7 Å². The summed E-state index contributed by atoms with van der Waals surface area (Å²) in [6, 6.07) is 12.3. The number of carbonyl (C=O) groups excluding carboxylic acids is 2. The number of pyridine rings is 1. The maximum absolute atomic E-state index is 12.2. The van der Waals surface area contributed by atoms with Gasteiger partial charge in [-0.2, -0.15) is 0 Å². The smallest absolute Gasteiger partial charge is 0.269 e. The molecule has 2 N–H and O–H groups in total. The summed E-state index contributed by atoms with van der Waals surface area (Å²) < 4.78 is 4.93. The number of amides is 2. The second kappa shape index (κ2) is 10.5. The Hall–Kier alpha value is -2.44. The first-order chi connectivity index (χ1) is 12.6. The number of nitrogens with one attached hydrogen (secondary N) is 2. The lowest BCUT2D eigenvalue weighted by molar-refractivity contribution is 0.0941. The molecule has 0 unspecified atom stereocenters. The van der Waals surface area contributed by atoms with E-state index in [1.807, 2.05) is 24.3 Å². The van der Waals surface area contributed by atoms with Gasteiger partial charge in [0.15, 0.2) is 0 Å². The van der Waals surface area contributed by atoms with E-state index in [0.29, 0.717) is 37.6 Å². The number of aromatic nitrogens is 1. The molecule has 0 spiro atoms. The maximum atomic E-state index is 12.2. The highest BCUT2D eigenvalue weighted by Crippen LogP contribution is 2.09. The Kier molecular flexibility index (Phi) is 8.05. The van der Waals surface area contributed by atoms with E-state index in [1.54, 1.807) is 25.3 Å². The van der Waals surface area contributed by atoms with Crippen LogP contribution in [0.2, 0.25) is 5.02 Å². The molecule has 2 aromatic rings. The van der Waals surface area contributed by atoms with Crippen molar-refractivity contribution in [3.63, 3.8) is 0 Å².